The van der Waals surface area contributed by atoms with Crippen molar-refractivity contribution in [1.29, 1.82) is 0 Å². The Balaban J connectivity index is 2.61. The topological polar surface area (TPSA) is 52.3 Å². The molecule has 0 aliphatic rings. The maximum absolute atomic E-state index is 13.9. The Hall–Kier alpha value is -1.40. The van der Waals surface area contributed by atoms with Crippen molar-refractivity contribution < 1.29 is 13.9 Å². The van der Waals surface area contributed by atoms with Gasteiger partial charge in [0.2, 0.25) is 0 Å². The van der Waals surface area contributed by atoms with E-state index in [4.69, 9.17) is 5.73 Å². The second-order valence-electron chi connectivity index (χ2n) is 3.50. The molecule has 1 aromatic carbocycles. The molecule has 0 spiro atoms. The molecule has 2 N–H and O–H groups in total. The number of anilines is 1. The molecule has 1 heterocycles. The summed E-state index contributed by atoms with van der Waals surface area (Å²) in [5.41, 5.74) is 6.71. The van der Waals surface area contributed by atoms with Gasteiger partial charge in [-0.2, -0.15) is 0 Å². The van der Waals surface area contributed by atoms with Crippen molar-refractivity contribution in [3.63, 3.8) is 0 Å². The van der Waals surface area contributed by atoms with Gasteiger partial charge in [-0.25, -0.2) is 9.18 Å². The Morgan fingerprint density at radius 1 is 1.44 bits per heavy atom. The molecule has 18 heavy (non-hydrogen) atoms. The number of benzene rings is 1. The molecule has 0 fully saturated rings. The van der Waals surface area contributed by atoms with Gasteiger partial charge < -0.3 is 10.5 Å². The zero-order valence-corrected chi connectivity index (χ0v) is 11.8. The fraction of sp³-hybridized carbons (Fsp3) is 0.0833. The van der Waals surface area contributed by atoms with Crippen molar-refractivity contribution in [2.75, 3.05) is 12.8 Å². The predicted molar refractivity (Wildman–Crippen MR) is 73.2 cm³/mol. The van der Waals surface area contributed by atoms with Gasteiger partial charge in [-0.05, 0) is 12.1 Å². The number of hydrogen-bond donors (Lipinski definition) is 1. The van der Waals surface area contributed by atoms with E-state index in [1.165, 1.54) is 24.5 Å². The Bertz CT molecular complexity index is 612. The van der Waals surface area contributed by atoms with Crippen LogP contribution in [0, 0.1) is 5.82 Å². The Labute approximate surface area is 116 Å². The van der Waals surface area contributed by atoms with Gasteiger partial charge in [0, 0.05) is 21.0 Å². The van der Waals surface area contributed by atoms with Crippen molar-refractivity contribution in [3.8, 4) is 11.1 Å². The SMILES string of the molecule is COC(=O)c1c(-c2ccc(Br)cc2F)csc1N. The molecule has 0 atom stereocenters. The molecular formula is C12H9BrFNO2S. The molecule has 2 rings (SSSR count). The summed E-state index contributed by atoms with van der Waals surface area (Å²) in [6.07, 6.45) is 0. The quantitative estimate of drug-likeness (QED) is 0.855. The highest BCUT2D eigenvalue weighted by molar-refractivity contribution is 9.10. The minimum absolute atomic E-state index is 0.212. The summed E-state index contributed by atoms with van der Waals surface area (Å²) in [6, 6.07) is 4.63. The van der Waals surface area contributed by atoms with E-state index in [9.17, 15) is 9.18 Å². The Morgan fingerprint density at radius 3 is 2.78 bits per heavy atom. The molecule has 0 amide bonds. The number of nitrogens with two attached hydrogens (primary N) is 1. The normalized spacial score (nSPS) is 10.4. The lowest BCUT2D eigenvalue weighted by molar-refractivity contribution is 0.0603. The molecule has 0 saturated carbocycles. The van der Waals surface area contributed by atoms with Crippen molar-refractivity contribution in [2.24, 2.45) is 0 Å². The monoisotopic (exact) mass is 329 g/mol. The summed E-state index contributed by atoms with van der Waals surface area (Å²) in [7, 11) is 1.27. The molecule has 0 bridgehead atoms. The fourth-order valence-electron chi connectivity index (χ4n) is 1.59. The first-order valence-electron chi connectivity index (χ1n) is 4.95. The zero-order chi connectivity index (χ0) is 13.3. The average Bonchev–Trinajstić information content (AvgIpc) is 2.70. The highest BCUT2D eigenvalue weighted by Crippen LogP contribution is 2.36. The van der Waals surface area contributed by atoms with Crippen LogP contribution >= 0.6 is 27.3 Å². The lowest BCUT2D eigenvalue weighted by atomic mass is 10.0. The first-order valence-corrected chi connectivity index (χ1v) is 6.62. The predicted octanol–water partition coefficient (Wildman–Crippen LogP) is 3.69. The van der Waals surface area contributed by atoms with E-state index in [2.05, 4.69) is 20.7 Å². The molecule has 0 unspecified atom stereocenters. The molecule has 3 nitrogen and oxygen atoms in total. The third-order valence-corrected chi connectivity index (χ3v) is 3.74. The van der Waals surface area contributed by atoms with Gasteiger partial charge in [-0.15, -0.1) is 11.3 Å². The Morgan fingerprint density at radius 2 is 2.17 bits per heavy atom. The van der Waals surface area contributed by atoms with Gasteiger partial charge in [-0.1, -0.05) is 22.0 Å². The van der Waals surface area contributed by atoms with E-state index in [1.54, 1.807) is 17.5 Å². The lowest BCUT2D eigenvalue weighted by Crippen LogP contribution is -2.04. The smallest absolute Gasteiger partial charge is 0.341 e. The molecule has 1 aromatic heterocycles. The maximum Gasteiger partial charge on any atom is 0.341 e. The van der Waals surface area contributed by atoms with Gasteiger partial charge in [0.15, 0.2) is 0 Å². The summed E-state index contributed by atoms with van der Waals surface area (Å²) in [5, 5.41) is 1.97. The van der Waals surface area contributed by atoms with Crippen molar-refractivity contribution in [1.82, 2.24) is 0 Å². The van der Waals surface area contributed by atoms with Crippen LogP contribution in [0.3, 0.4) is 0 Å². The van der Waals surface area contributed by atoms with E-state index >= 15 is 0 Å². The fourth-order valence-corrected chi connectivity index (χ4v) is 2.73. The van der Waals surface area contributed by atoms with Crippen LogP contribution in [0.1, 0.15) is 10.4 Å². The number of thiophene rings is 1. The summed E-state index contributed by atoms with van der Waals surface area (Å²) in [6.45, 7) is 0. The number of ether oxygens (including phenoxy) is 1. The minimum Gasteiger partial charge on any atom is -0.465 e. The zero-order valence-electron chi connectivity index (χ0n) is 9.37. The largest absolute Gasteiger partial charge is 0.465 e. The molecule has 0 aliphatic carbocycles. The van der Waals surface area contributed by atoms with Crippen LogP contribution < -0.4 is 5.73 Å². The number of halogens is 2. The van der Waals surface area contributed by atoms with Crippen LogP contribution in [0.25, 0.3) is 11.1 Å². The van der Waals surface area contributed by atoms with E-state index in [1.807, 2.05) is 0 Å². The number of hydrogen-bond acceptors (Lipinski definition) is 4. The van der Waals surface area contributed by atoms with Crippen LogP contribution in [0.5, 0.6) is 0 Å². The van der Waals surface area contributed by atoms with E-state index in [0.29, 0.717) is 20.6 Å². The summed E-state index contributed by atoms with van der Waals surface area (Å²) >= 11 is 4.36. The van der Waals surface area contributed by atoms with Crippen molar-refractivity contribution in [2.45, 2.75) is 0 Å². The molecule has 0 saturated heterocycles. The first-order chi connectivity index (χ1) is 8.54. The standard InChI is InChI=1S/C12H9BrFNO2S/c1-17-12(16)10-8(5-18-11(10)15)7-3-2-6(13)4-9(7)14/h2-5H,15H2,1H3. The number of methoxy groups -OCH3 is 1. The van der Waals surface area contributed by atoms with Crippen LogP contribution in [-0.4, -0.2) is 13.1 Å². The second kappa shape index (κ2) is 5.07. The van der Waals surface area contributed by atoms with Gasteiger partial charge in [0.25, 0.3) is 0 Å². The van der Waals surface area contributed by atoms with Crippen LogP contribution in [0.15, 0.2) is 28.1 Å². The van der Waals surface area contributed by atoms with E-state index < -0.39 is 11.8 Å². The molecule has 0 radical (unpaired) electrons. The number of esters is 1. The lowest BCUT2D eigenvalue weighted by Gasteiger charge is -2.05. The third kappa shape index (κ3) is 2.26. The Kier molecular flexibility index (Phi) is 3.68. The van der Waals surface area contributed by atoms with E-state index in [0.717, 1.165) is 0 Å². The number of rotatable bonds is 2. The second-order valence-corrected chi connectivity index (χ2v) is 5.33. The van der Waals surface area contributed by atoms with Gasteiger partial charge in [0.05, 0.1) is 7.11 Å². The highest BCUT2D eigenvalue weighted by Gasteiger charge is 2.21. The minimum atomic E-state index is -0.564. The maximum atomic E-state index is 13.9. The molecule has 6 heteroatoms. The third-order valence-electron chi connectivity index (χ3n) is 2.43. The van der Waals surface area contributed by atoms with Gasteiger partial charge in [0.1, 0.15) is 16.4 Å². The number of carbonyl (C=O) groups excluding carboxylic acids is 1. The van der Waals surface area contributed by atoms with Gasteiger partial charge >= 0.3 is 5.97 Å². The highest BCUT2D eigenvalue weighted by atomic mass is 79.9. The van der Waals surface area contributed by atoms with Crippen LogP contribution in [0.2, 0.25) is 0 Å². The number of nitrogen functional groups attached to an aromatic ring is 1. The van der Waals surface area contributed by atoms with Crippen molar-refractivity contribution >= 4 is 38.2 Å². The molecule has 2 aromatic rings. The van der Waals surface area contributed by atoms with Crippen LogP contribution in [0.4, 0.5) is 9.39 Å². The molecular weight excluding hydrogens is 321 g/mol. The summed E-state index contributed by atoms with van der Waals surface area (Å²) in [5.74, 6) is -0.988. The van der Waals surface area contributed by atoms with Crippen LogP contribution in [-0.2, 0) is 4.74 Å². The van der Waals surface area contributed by atoms with E-state index in [-0.39, 0.29) is 5.56 Å². The van der Waals surface area contributed by atoms with Crippen molar-refractivity contribution in [3.05, 3.63) is 39.4 Å². The van der Waals surface area contributed by atoms with Gasteiger partial charge in [-0.3, -0.25) is 0 Å². The first kappa shape index (κ1) is 13.0. The summed E-state index contributed by atoms with van der Waals surface area (Å²) < 4.78 is 19.2. The summed E-state index contributed by atoms with van der Waals surface area (Å²) in [4.78, 5) is 11.6. The number of carbonyl (C=O) groups is 1. The molecule has 0 aliphatic heterocycles. The molecule has 94 valence electrons. The average molecular weight is 330 g/mol.